The molecule has 21 heavy (non-hydrogen) atoms. The van der Waals surface area contributed by atoms with E-state index in [4.69, 9.17) is 0 Å². The van der Waals surface area contributed by atoms with E-state index in [-0.39, 0.29) is 23.9 Å². The molecule has 110 valence electrons. The molecule has 2 rings (SSSR count). The molecule has 2 N–H and O–H groups in total. The average molecular weight is 304 g/mol. The fraction of sp³-hybridized carbons (Fsp3) is 0.125. The molecule has 0 saturated carbocycles. The van der Waals surface area contributed by atoms with Crippen molar-refractivity contribution in [2.24, 2.45) is 10.2 Å². The second-order valence-electron chi connectivity index (χ2n) is 4.41. The van der Waals surface area contributed by atoms with Gasteiger partial charge in [-0.2, -0.15) is 10.2 Å². The first kappa shape index (κ1) is 16.7. The number of hydrogen-bond acceptors (Lipinski definition) is 4. The Hall–Kier alpha value is -2.33. The number of hydrogen-bond donors (Lipinski definition) is 2. The fourth-order valence-corrected chi connectivity index (χ4v) is 1.82. The average Bonchev–Trinajstić information content (AvgIpc) is 2.45. The Balaban J connectivity index is 0.00000220. The Morgan fingerprint density at radius 2 is 1.05 bits per heavy atom. The highest BCUT2D eigenvalue weighted by molar-refractivity contribution is 6.03. The van der Waals surface area contributed by atoms with Crippen LogP contribution in [0.4, 0.5) is 0 Å². The van der Waals surface area contributed by atoms with Gasteiger partial charge in [-0.1, -0.05) is 24.3 Å². The molecule has 0 fully saturated rings. The summed E-state index contributed by atoms with van der Waals surface area (Å²) in [4.78, 5) is 0. The Morgan fingerprint density at radius 1 is 0.714 bits per heavy atom. The molecule has 0 aliphatic heterocycles. The van der Waals surface area contributed by atoms with Gasteiger partial charge in [0.2, 0.25) is 0 Å². The van der Waals surface area contributed by atoms with Crippen LogP contribution in [0.15, 0.2) is 58.7 Å². The number of halogens is 1. The summed E-state index contributed by atoms with van der Waals surface area (Å²) in [5, 5.41) is 27.7. The lowest BCUT2D eigenvalue weighted by Crippen LogP contribution is -3.00. The number of para-hydroxylation sites is 2. The Kier molecular flexibility index (Phi) is 5.93. The molecule has 2 aromatic rings. The van der Waals surface area contributed by atoms with Crippen molar-refractivity contribution < 1.29 is 22.6 Å². The van der Waals surface area contributed by atoms with Crippen LogP contribution in [0.25, 0.3) is 0 Å². The zero-order valence-electron chi connectivity index (χ0n) is 11.8. The minimum atomic E-state index is 0. The lowest BCUT2D eigenvalue weighted by molar-refractivity contribution is -0.00000627. The van der Waals surface area contributed by atoms with E-state index in [2.05, 4.69) is 10.2 Å². The quantitative estimate of drug-likeness (QED) is 0.634. The molecule has 0 aliphatic carbocycles. The van der Waals surface area contributed by atoms with E-state index in [0.717, 1.165) is 0 Å². The summed E-state index contributed by atoms with van der Waals surface area (Å²) in [7, 11) is 0. The van der Waals surface area contributed by atoms with E-state index < -0.39 is 0 Å². The minimum absolute atomic E-state index is 0. The highest BCUT2D eigenvalue weighted by Crippen LogP contribution is 2.18. The highest BCUT2D eigenvalue weighted by Gasteiger charge is 2.05. The first-order valence-electron chi connectivity index (χ1n) is 6.25. The molecule has 0 saturated heterocycles. The van der Waals surface area contributed by atoms with E-state index >= 15 is 0 Å². The number of benzene rings is 2. The van der Waals surface area contributed by atoms with Crippen LogP contribution in [0, 0.1) is 0 Å². The minimum Gasteiger partial charge on any atom is -1.00 e. The monoisotopic (exact) mass is 303 g/mol. The van der Waals surface area contributed by atoms with Gasteiger partial charge in [0, 0.05) is 11.1 Å². The van der Waals surface area contributed by atoms with Crippen molar-refractivity contribution in [2.75, 3.05) is 0 Å². The predicted octanol–water partition coefficient (Wildman–Crippen LogP) is 0.335. The van der Waals surface area contributed by atoms with Crippen molar-refractivity contribution in [1.82, 2.24) is 0 Å². The van der Waals surface area contributed by atoms with Gasteiger partial charge in [0.05, 0.1) is 11.4 Å². The standard InChI is InChI=1S/C16H16N2O2.ClH/c1-11(13-7-3-5-9-15(13)19)17-18-12(2)14-8-4-6-10-16(14)20;/h3-10,19-20H,1-2H3;1H/p-1/b17-11+,18-12+;. The third-order valence-corrected chi connectivity index (χ3v) is 2.94. The van der Waals surface area contributed by atoms with E-state index in [9.17, 15) is 10.2 Å². The highest BCUT2D eigenvalue weighted by atomic mass is 35.5. The van der Waals surface area contributed by atoms with Gasteiger partial charge < -0.3 is 22.6 Å². The first-order chi connectivity index (χ1) is 9.59. The number of rotatable bonds is 3. The Morgan fingerprint density at radius 3 is 1.38 bits per heavy atom. The molecule has 5 heteroatoms. The van der Waals surface area contributed by atoms with Crippen LogP contribution in [-0.2, 0) is 0 Å². The molecular weight excluding hydrogens is 288 g/mol. The molecule has 0 unspecified atom stereocenters. The summed E-state index contributed by atoms with van der Waals surface area (Å²) in [6, 6.07) is 13.9. The van der Waals surface area contributed by atoms with Crippen molar-refractivity contribution in [3.05, 3.63) is 59.7 Å². The zero-order valence-corrected chi connectivity index (χ0v) is 12.5. The fourth-order valence-electron chi connectivity index (χ4n) is 1.82. The van der Waals surface area contributed by atoms with Crippen LogP contribution in [0.1, 0.15) is 25.0 Å². The lowest BCUT2D eigenvalue weighted by atomic mass is 10.1. The second-order valence-corrected chi connectivity index (χ2v) is 4.41. The number of phenolic OH excluding ortho intramolecular Hbond substituents is 2. The van der Waals surface area contributed by atoms with Gasteiger partial charge in [-0.25, -0.2) is 0 Å². The maximum atomic E-state index is 9.74. The van der Waals surface area contributed by atoms with Crippen molar-refractivity contribution in [3.63, 3.8) is 0 Å². The largest absolute Gasteiger partial charge is 1.00 e. The summed E-state index contributed by atoms with van der Waals surface area (Å²) in [5.41, 5.74) is 2.50. The molecule has 0 aliphatic rings. The van der Waals surface area contributed by atoms with Crippen molar-refractivity contribution in [1.29, 1.82) is 0 Å². The number of aromatic hydroxyl groups is 2. The maximum absolute atomic E-state index is 9.74. The summed E-state index contributed by atoms with van der Waals surface area (Å²) in [6.07, 6.45) is 0. The van der Waals surface area contributed by atoms with Crippen LogP contribution in [0.3, 0.4) is 0 Å². The van der Waals surface area contributed by atoms with E-state index in [1.807, 2.05) is 12.1 Å². The maximum Gasteiger partial charge on any atom is 0.124 e. The third-order valence-electron chi connectivity index (χ3n) is 2.94. The molecule has 2 aromatic carbocycles. The van der Waals surface area contributed by atoms with E-state index in [1.165, 1.54) is 0 Å². The van der Waals surface area contributed by atoms with Crippen LogP contribution in [0.5, 0.6) is 11.5 Å². The smallest absolute Gasteiger partial charge is 0.124 e. The summed E-state index contributed by atoms with van der Waals surface area (Å²) >= 11 is 0. The summed E-state index contributed by atoms with van der Waals surface area (Å²) in [6.45, 7) is 3.55. The van der Waals surface area contributed by atoms with Gasteiger partial charge in [-0.15, -0.1) is 0 Å². The zero-order chi connectivity index (χ0) is 14.5. The Labute approximate surface area is 129 Å². The molecular formula is C16H16ClN2O2-. The van der Waals surface area contributed by atoms with E-state index in [0.29, 0.717) is 22.6 Å². The normalized spacial score (nSPS) is 11.9. The lowest BCUT2D eigenvalue weighted by Gasteiger charge is -2.03. The van der Waals surface area contributed by atoms with Gasteiger partial charge in [0.25, 0.3) is 0 Å². The van der Waals surface area contributed by atoms with Crippen molar-refractivity contribution in [3.8, 4) is 11.5 Å². The van der Waals surface area contributed by atoms with Crippen molar-refractivity contribution in [2.45, 2.75) is 13.8 Å². The molecule has 0 spiro atoms. The van der Waals surface area contributed by atoms with Crippen molar-refractivity contribution >= 4 is 11.4 Å². The topological polar surface area (TPSA) is 65.2 Å². The summed E-state index contributed by atoms with van der Waals surface area (Å²) < 4.78 is 0. The summed E-state index contributed by atoms with van der Waals surface area (Å²) in [5.74, 6) is 0.341. The molecule has 4 nitrogen and oxygen atoms in total. The van der Waals surface area contributed by atoms with Crippen LogP contribution >= 0.6 is 0 Å². The van der Waals surface area contributed by atoms with Gasteiger partial charge in [-0.3, -0.25) is 0 Å². The number of nitrogens with zero attached hydrogens (tertiary/aromatic N) is 2. The Bertz CT molecular complexity index is 622. The molecule has 0 heterocycles. The SMILES string of the molecule is C/C(=N\N=C(/C)c1ccccc1O)c1ccccc1O.[Cl-]. The van der Waals surface area contributed by atoms with Gasteiger partial charge in [-0.05, 0) is 38.1 Å². The first-order valence-corrected chi connectivity index (χ1v) is 6.25. The molecule has 0 atom stereocenters. The molecule has 0 amide bonds. The van der Waals surface area contributed by atoms with Gasteiger partial charge in [0.1, 0.15) is 11.5 Å². The van der Waals surface area contributed by atoms with Crippen LogP contribution < -0.4 is 12.4 Å². The van der Waals surface area contributed by atoms with Crippen LogP contribution in [0.2, 0.25) is 0 Å². The predicted molar refractivity (Wildman–Crippen MR) is 80.6 cm³/mol. The second kappa shape index (κ2) is 7.45. The van der Waals surface area contributed by atoms with Gasteiger partial charge in [0.15, 0.2) is 0 Å². The third kappa shape index (κ3) is 4.07. The van der Waals surface area contributed by atoms with Crippen LogP contribution in [-0.4, -0.2) is 21.6 Å². The molecule has 0 radical (unpaired) electrons. The van der Waals surface area contributed by atoms with Gasteiger partial charge >= 0.3 is 0 Å². The van der Waals surface area contributed by atoms with E-state index in [1.54, 1.807) is 50.2 Å². The molecule has 0 bridgehead atoms. The molecule has 0 aromatic heterocycles. The number of phenols is 2.